The number of pyridine rings is 1. The predicted octanol–water partition coefficient (Wildman–Crippen LogP) is 5.64. The van der Waals surface area contributed by atoms with Gasteiger partial charge in [0.25, 0.3) is 5.91 Å². The number of fused-ring (bicyclic) bond motifs is 1. The van der Waals surface area contributed by atoms with Crippen LogP contribution in [0.15, 0.2) is 68.8 Å². The first-order valence-corrected chi connectivity index (χ1v) is 11.0. The number of aromatic nitrogens is 2. The lowest BCUT2D eigenvalue weighted by Gasteiger charge is -2.10. The fraction of sp³-hybridized carbons (Fsp3) is 0.0870. The van der Waals surface area contributed by atoms with E-state index < -0.39 is 5.91 Å². The van der Waals surface area contributed by atoms with Gasteiger partial charge in [-0.25, -0.2) is 5.43 Å². The van der Waals surface area contributed by atoms with E-state index in [0.29, 0.717) is 8.95 Å². The van der Waals surface area contributed by atoms with Crippen molar-refractivity contribution in [2.24, 2.45) is 5.10 Å². The van der Waals surface area contributed by atoms with Gasteiger partial charge in [-0.1, -0.05) is 22.0 Å². The third-order valence-corrected chi connectivity index (χ3v) is 6.02. The van der Waals surface area contributed by atoms with Crippen molar-refractivity contribution in [3.05, 3.63) is 86.2 Å². The number of aryl methyl sites for hydroxylation is 1. The van der Waals surface area contributed by atoms with Crippen molar-refractivity contribution >= 4 is 54.9 Å². The molecule has 4 aromatic rings. The van der Waals surface area contributed by atoms with Crippen LogP contribution in [0.2, 0.25) is 0 Å². The van der Waals surface area contributed by atoms with Gasteiger partial charge in [0, 0.05) is 38.7 Å². The number of nitrogens with zero attached hydrogens (tertiary/aromatic N) is 3. The first-order chi connectivity index (χ1) is 14.8. The van der Waals surface area contributed by atoms with Crippen molar-refractivity contribution < 1.29 is 9.90 Å². The van der Waals surface area contributed by atoms with Crippen LogP contribution in [0.25, 0.3) is 16.6 Å². The maximum atomic E-state index is 12.4. The van der Waals surface area contributed by atoms with Crippen LogP contribution in [-0.2, 0) is 0 Å². The Morgan fingerprint density at radius 3 is 2.77 bits per heavy atom. The Morgan fingerprint density at radius 1 is 1.16 bits per heavy atom. The highest BCUT2D eigenvalue weighted by atomic mass is 79.9. The molecule has 0 unspecified atom stereocenters. The molecule has 4 rings (SSSR count). The van der Waals surface area contributed by atoms with Crippen molar-refractivity contribution in [2.45, 2.75) is 13.8 Å². The zero-order chi connectivity index (χ0) is 22.1. The van der Waals surface area contributed by atoms with E-state index in [9.17, 15) is 9.90 Å². The Bertz CT molecular complexity index is 1350. The number of phenols is 1. The summed E-state index contributed by atoms with van der Waals surface area (Å²) in [5.74, 6) is -0.647. The third-order valence-electron chi connectivity index (χ3n) is 4.96. The molecule has 0 spiro atoms. The summed E-state index contributed by atoms with van der Waals surface area (Å²) >= 11 is 6.53. The van der Waals surface area contributed by atoms with Crippen LogP contribution < -0.4 is 5.43 Å². The number of hydrogen-bond acceptors (Lipinski definition) is 4. The molecule has 0 aliphatic carbocycles. The molecule has 8 heteroatoms. The summed E-state index contributed by atoms with van der Waals surface area (Å²) in [6, 6.07) is 15.3. The summed E-state index contributed by atoms with van der Waals surface area (Å²) in [5.41, 5.74) is 7.48. The molecule has 31 heavy (non-hydrogen) atoms. The maximum Gasteiger partial charge on any atom is 0.275 e. The molecule has 0 radical (unpaired) electrons. The molecule has 2 aromatic heterocycles. The van der Waals surface area contributed by atoms with E-state index >= 15 is 0 Å². The molecule has 6 nitrogen and oxygen atoms in total. The highest BCUT2D eigenvalue weighted by Gasteiger charge is 2.15. The molecular weight excluding hydrogens is 524 g/mol. The van der Waals surface area contributed by atoms with Gasteiger partial charge in [0.2, 0.25) is 0 Å². The van der Waals surface area contributed by atoms with Gasteiger partial charge in [-0.15, -0.1) is 0 Å². The van der Waals surface area contributed by atoms with E-state index in [1.807, 2.05) is 44.2 Å². The Morgan fingerprint density at radius 2 is 1.97 bits per heavy atom. The summed E-state index contributed by atoms with van der Waals surface area (Å²) < 4.78 is 3.22. The van der Waals surface area contributed by atoms with Crippen LogP contribution in [-0.4, -0.2) is 26.8 Å². The lowest BCUT2D eigenvalue weighted by molar-refractivity contribution is 0.0952. The first kappa shape index (κ1) is 21.3. The van der Waals surface area contributed by atoms with Gasteiger partial charge < -0.3 is 9.67 Å². The number of benzene rings is 2. The lowest BCUT2D eigenvalue weighted by atomic mass is 10.2. The normalized spacial score (nSPS) is 11.4. The zero-order valence-electron chi connectivity index (χ0n) is 16.7. The van der Waals surface area contributed by atoms with Crippen LogP contribution in [0, 0.1) is 13.8 Å². The van der Waals surface area contributed by atoms with E-state index in [2.05, 4.69) is 58.0 Å². The molecule has 0 bridgehead atoms. The monoisotopic (exact) mass is 540 g/mol. The standard InChI is InChI=1S/C23H18Br2N4O2/c1-13-8-16(12-27-28-23(31)19-10-17(24)11-20(25)22(19)30)14(2)29(13)18-5-6-21-15(9-18)4-3-7-26-21/h3-12,30H,1-2H3,(H,28,31)/b27-12-. The molecule has 1 amide bonds. The lowest BCUT2D eigenvalue weighted by Crippen LogP contribution is -2.18. The number of carbonyl (C=O) groups is 1. The van der Waals surface area contributed by atoms with Gasteiger partial charge in [-0.3, -0.25) is 9.78 Å². The summed E-state index contributed by atoms with van der Waals surface area (Å²) in [6.45, 7) is 4.02. The van der Waals surface area contributed by atoms with Crippen molar-refractivity contribution in [3.63, 3.8) is 0 Å². The van der Waals surface area contributed by atoms with Crippen LogP contribution in [0.1, 0.15) is 27.3 Å². The number of phenolic OH excluding ortho intramolecular Hbond substituents is 1. The topological polar surface area (TPSA) is 79.5 Å². The Kier molecular flexibility index (Phi) is 5.93. The fourth-order valence-electron chi connectivity index (χ4n) is 3.48. The number of hydrazone groups is 1. The molecular formula is C23H18Br2N4O2. The number of carbonyl (C=O) groups excluding carboxylic acids is 1. The minimum absolute atomic E-state index is 0.119. The fourth-order valence-corrected chi connectivity index (χ4v) is 4.70. The van der Waals surface area contributed by atoms with E-state index in [0.717, 1.165) is 33.5 Å². The van der Waals surface area contributed by atoms with Gasteiger partial charge >= 0.3 is 0 Å². The SMILES string of the molecule is Cc1cc(/C=N\NC(=O)c2cc(Br)cc(Br)c2O)c(C)n1-c1ccc2ncccc2c1. The molecule has 156 valence electrons. The molecule has 0 saturated heterocycles. The number of halogens is 2. The van der Waals surface area contributed by atoms with Crippen LogP contribution in [0.5, 0.6) is 5.75 Å². The van der Waals surface area contributed by atoms with Gasteiger partial charge in [0.05, 0.1) is 21.8 Å². The van der Waals surface area contributed by atoms with Crippen molar-refractivity contribution in [2.75, 3.05) is 0 Å². The first-order valence-electron chi connectivity index (χ1n) is 9.40. The average molecular weight is 542 g/mol. The molecule has 0 saturated carbocycles. The smallest absolute Gasteiger partial charge is 0.275 e. The van der Waals surface area contributed by atoms with E-state index in [4.69, 9.17) is 0 Å². The van der Waals surface area contributed by atoms with Crippen molar-refractivity contribution in [3.8, 4) is 11.4 Å². The Labute approximate surface area is 195 Å². The van der Waals surface area contributed by atoms with E-state index in [1.165, 1.54) is 6.07 Å². The number of nitrogens with one attached hydrogen (secondary N) is 1. The second-order valence-corrected chi connectivity index (χ2v) is 8.80. The maximum absolute atomic E-state index is 12.4. The molecule has 0 aliphatic heterocycles. The van der Waals surface area contributed by atoms with Crippen LogP contribution in [0.3, 0.4) is 0 Å². The molecule has 2 N–H and O–H groups in total. The summed E-state index contributed by atoms with van der Waals surface area (Å²) in [7, 11) is 0. The highest BCUT2D eigenvalue weighted by molar-refractivity contribution is 9.11. The van der Waals surface area contributed by atoms with Crippen molar-refractivity contribution in [1.29, 1.82) is 0 Å². The quantitative estimate of drug-likeness (QED) is 0.259. The number of hydrogen-bond donors (Lipinski definition) is 2. The summed E-state index contributed by atoms with van der Waals surface area (Å²) in [6.07, 6.45) is 3.38. The minimum atomic E-state index is -0.508. The Balaban J connectivity index is 1.59. The van der Waals surface area contributed by atoms with E-state index in [-0.39, 0.29) is 11.3 Å². The third kappa shape index (κ3) is 4.26. The molecule has 0 atom stereocenters. The largest absolute Gasteiger partial charge is 0.506 e. The Hall–Kier alpha value is -2.97. The predicted molar refractivity (Wildman–Crippen MR) is 129 cm³/mol. The summed E-state index contributed by atoms with van der Waals surface area (Å²) in [5, 5.41) is 15.3. The van der Waals surface area contributed by atoms with E-state index in [1.54, 1.807) is 18.5 Å². The summed E-state index contributed by atoms with van der Waals surface area (Å²) in [4.78, 5) is 16.8. The second-order valence-electron chi connectivity index (χ2n) is 7.03. The molecule has 0 aliphatic rings. The minimum Gasteiger partial charge on any atom is -0.506 e. The number of aromatic hydroxyl groups is 1. The highest BCUT2D eigenvalue weighted by Crippen LogP contribution is 2.31. The molecule has 0 fully saturated rings. The van der Waals surface area contributed by atoms with Crippen molar-refractivity contribution in [1.82, 2.24) is 15.0 Å². The number of amides is 1. The van der Waals surface area contributed by atoms with Crippen LogP contribution in [0.4, 0.5) is 0 Å². The van der Waals surface area contributed by atoms with Gasteiger partial charge in [0.1, 0.15) is 5.75 Å². The molecule has 2 heterocycles. The van der Waals surface area contributed by atoms with Gasteiger partial charge in [-0.05, 0) is 72.2 Å². The van der Waals surface area contributed by atoms with Gasteiger partial charge in [-0.2, -0.15) is 5.10 Å². The zero-order valence-corrected chi connectivity index (χ0v) is 19.9. The number of rotatable bonds is 4. The average Bonchev–Trinajstić information content (AvgIpc) is 3.03. The van der Waals surface area contributed by atoms with Gasteiger partial charge in [0.15, 0.2) is 0 Å². The second kappa shape index (κ2) is 8.64. The molecule has 2 aromatic carbocycles. The van der Waals surface area contributed by atoms with Crippen LogP contribution >= 0.6 is 31.9 Å².